The van der Waals surface area contributed by atoms with Crippen molar-refractivity contribution in [2.45, 2.75) is 77.2 Å². The maximum atomic E-state index is 12.1. The lowest BCUT2D eigenvalue weighted by Crippen LogP contribution is -2.48. The van der Waals surface area contributed by atoms with Gasteiger partial charge in [-0.15, -0.1) is 0 Å². The first-order valence-electron chi connectivity index (χ1n) is 10.5. The van der Waals surface area contributed by atoms with E-state index in [9.17, 15) is 14.4 Å². The Labute approximate surface area is 160 Å². The molecule has 4 rings (SSSR count). The number of fused-ring (bicyclic) bond motifs is 5. The van der Waals surface area contributed by atoms with Crippen molar-refractivity contribution in [2.75, 3.05) is 0 Å². The third-order valence-corrected chi connectivity index (χ3v) is 8.03. The maximum Gasteiger partial charge on any atom is 0.306 e. The molecule has 3 saturated carbocycles. The van der Waals surface area contributed by atoms with Crippen molar-refractivity contribution in [3.63, 3.8) is 0 Å². The number of allylic oxidation sites excluding steroid dienone is 1. The topological polar surface area (TPSA) is 80.7 Å². The molecule has 6 atom stereocenters. The molecule has 4 aliphatic carbocycles. The van der Waals surface area contributed by atoms with E-state index in [-0.39, 0.29) is 30.3 Å². The minimum Gasteiger partial charge on any atom is -0.481 e. The van der Waals surface area contributed by atoms with E-state index < -0.39 is 5.97 Å². The van der Waals surface area contributed by atoms with E-state index in [4.69, 9.17) is 9.84 Å². The molecule has 0 amide bonds. The second kappa shape index (κ2) is 7.06. The van der Waals surface area contributed by atoms with Crippen LogP contribution in [0.25, 0.3) is 0 Å². The van der Waals surface area contributed by atoms with E-state index in [0.29, 0.717) is 35.9 Å². The van der Waals surface area contributed by atoms with Gasteiger partial charge in [-0.05, 0) is 74.7 Å². The van der Waals surface area contributed by atoms with Crippen molar-refractivity contribution in [3.8, 4) is 0 Å². The summed E-state index contributed by atoms with van der Waals surface area (Å²) in [7, 11) is 0. The van der Waals surface area contributed by atoms with Crippen LogP contribution in [-0.4, -0.2) is 28.9 Å². The summed E-state index contributed by atoms with van der Waals surface area (Å²) in [6.45, 7) is 2.28. The average Bonchev–Trinajstić information content (AvgIpc) is 2.96. The van der Waals surface area contributed by atoms with Gasteiger partial charge in [0, 0.05) is 11.8 Å². The number of hydrogen-bond acceptors (Lipinski definition) is 4. The standard InChI is InChI=1S/C22H30O5/c1-22-11-10-16-15-5-3-14(23)12-13(15)2-4-17(16)18(22)6-7-19(22)27-21(26)9-8-20(24)25/h12,15-19H,2-11H2,1H3,(H,24,25)/t15-,16-,17+,18-,19-,22+/m1/s1. The van der Waals surface area contributed by atoms with Gasteiger partial charge in [-0.2, -0.15) is 0 Å². The molecular weight excluding hydrogens is 344 g/mol. The number of esters is 1. The first-order chi connectivity index (χ1) is 12.9. The van der Waals surface area contributed by atoms with Gasteiger partial charge in [0.15, 0.2) is 5.78 Å². The Bertz CT molecular complexity index is 680. The van der Waals surface area contributed by atoms with Gasteiger partial charge in [0.25, 0.3) is 0 Å². The first-order valence-corrected chi connectivity index (χ1v) is 10.5. The number of carboxylic acids is 1. The predicted octanol–water partition coefficient (Wildman–Crippen LogP) is 3.90. The number of ether oxygens (including phenoxy) is 1. The summed E-state index contributed by atoms with van der Waals surface area (Å²) in [6, 6.07) is 0. The van der Waals surface area contributed by atoms with Gasteiger partial charge in [0.1, 0.15) is 6.10 Å². The molecule has 5 heteroatoms. The Hall–Kier alpha value is -1.65. The summed E-state index contributed by atoms with van der Waals surface area (Å²) in [4.78, 5) is 34.6. The van der Waals surface area contributed by atoms with E-state index in [1.165, 1.54) is 5.57 Å². The Morgan fingerprint density at radius 3 is 2.70 bits per heavy atom. The minimum absolute atomic E-state index is 0.0196. The van der Waals surface area contributed by atoms with Gasteiger partial charge in [0.05, 0.1) is 12.8 Å². The summed E-state index contributed by atoms with van der Waals surface area (Å²) in [5.41, 5.74) is 1.41. The quantitative estimate of drug-likeness (QED) is 0.755. The Kier molecular flexibility index (Phi) is 4.89. The van der Waals surface area contributed by atoms with Crippen LogP contribution < -0.4 is 0 Å². The number of carboxylic acid groups (broad SMARTS) is 1. The molecule has 148 valence electrons. The van der Waals surface area contributed by atoms with Gasteiger partial charge in [-0.3, -0.25) is 14.4 Å². The van der Waals surface area contributed by atoms with Gasteiger partial charge in [0.2, 0.25) is 0 Å². The van der Waals surface area contributed by atoms with Crippen LogP contribution in [0.5, 0.6) is 0 Å². The van der Waals surface area contributed by atoms with Crippen LogP contribution in [0.15, 0.2) is 11.6 Å². The predicted molar refractivity (Wildman–Crippen MR) is 98.8 cm³/mol. The molecule has 0 heterocycles. The van der Waals surface area contributed by atoms with E-state index in [0.717, 1.165) is 44.9 Å². The molecule has 0 spiro atoms. The van der Waals surface area contributed by atoms with E-state index in [1.54, 1.807) is 0 Å². The lowest BCUT2D eigenvalue weighted by atomic mass is 9.52. The fourth-order valence-corrected chi connectivity index (χ4v) is 6.75. The third kappa shape index (κ3) is 3.34. The average molecular weight is 374 g/mol. The van der Waals surface area contributed by atoms with E-state index in [1.807, 2.05) is 6.08 Å². The molecule has 5 nitrogen and oxygen atoms in total. The van der Waals surface area contributed by atoms with E-state index >= 15 is 0 Å². The fourth-order valence-electron chi connectivity index (χ4n) is 6.75. The second-order valence-electron chi connectivity index (χ2n) is 9.30. The van der Waals surface area contributed by atoms with Crippen molar-refractivity contribution in [1.29, 1.82) is 0 Å². The van der Waals surface area contributed by atoms with E-state index in [2.05, 4.69) is 6.92 Å². The highest BCUT2D eigenvalue weighted by Crippen LogP contribution is 2.62. The number of aliphatic carboxylic acids is 1. The Morgan fingerprint density at radius 2 is 1.93 bits per heavy atom. The Morgan fingerprint density at radius 1 is 1.11 bits per heavy atom. The number of carbonyl (C=O) groups excluding carboxylic acids is 2. The molecule has 0 aromatic carbocycles. The molecule has 4 aliphatic rings. The summed E-state index contributed by atoms with van der Waals surface area (Å²) >= 11 is 0. The van der Waals surface area contributed by atoms with Crippen molar-refractivity contribution >= 4 is 17.7 Å². The second-order valence-corrected chi connectivity index (χ2v) is 9.30. The monoisotopic (exact) mass is 374 g/mol. The zero-order valence-electron chi connectivity index (χ0n) is 16.1. The maximum absolute atomic E-state index is 12.1. The molecule has 0 aromatic heterocycles. The van der Waals surface area contributed by atoms with Crippen LogP contribution in [0.2, 0.25) is 0 Å². The third-order valence-electron chi connectivity index (χ3n) is 8.03. The van der Waals surface area contributed by atoms with Crippen LogP contribution in [-0.2, 0) is 19.1 Å². The van der Waals surface area contributed by atoms with Gasteiger partial charge in [-0.25, -0.2) is 0 Å². The van der Waals surface area contributed by atoms with Gasteiger partial charge >= 0.3 is 11.9 Å². The summed E-state index contributed by atoms with van der Waals surface area (Å²) in [6.07, 6.45) is 9.78. The van der Waals surface area contributed by atoms with Crippen molar-refractivity contribution in [1.82, 2.24) is 0 Å². The number of rotatable bonds is 4. The molecule has 0 saturated heterocycles. The highest BCUT2D eigenvalue weighted by molar-refractivity contribution is 5.91. The van der Waals surface area contributed by atoms with Crippen LogP contribution in [0.1, 0.15) is 71.1 Å². The Balaban J connectivity index is 1.45. The summed E-state index contributed by atoms with van der Waals surface area (Å²) in [5, 5.41) is 8.77. The van der Waals surface area contributed by atoms with Crippen LogP contribution in [0.3, 0.4) is 0 Å². The molecular formula is C22H30O5. The van der Waals surface area contributed by atoms with Crippen LogP contribution in [0, 0.1) is 29.1 Å². The van der Waals surface area contributed by atoms with Gasteiger partial charge in [-0.1, -0.05) is 12.5 Å². The number of ketones is 1. The largest absolute Gasteiger partial charge is 0.481 e. The molecule has 0 aliphatic heterocycles. The molecule has 0 radical (unpaired) electrons. The highest BCUT2D eigenvalue weighted by Gasteiger charge is 2.57. The van der Waals surface area contributed by atoms with Crippen molar-refractivity contribution < 1.29 is 24.2 Å². The smallest absolute Gasteiger partial charge is 0.306 e. The highest BCUT2D eigenvalue weighted by atomic mass is 16.5. The number of hydrogen-bond donors (Lipinski definition) is 1. The zero-order chi connectivity index (χ0) is 19.2. The van der Waals surface area contributed by atoms with Crippen LogP contribution >= 0.6 is 0 Å². The zero-order valence-corrected chi connectivity index (χ0v) is 16.1. The lowest BCUT2D eigenvalue weighted by molar-refractivity contribution is -0.160. The SMILES string of the molecule is C[C@]12CC[C@H]3[C@H](CCC4=CC(=O)CC[C@H]43)[C@H]1CC[C@H]2OC(=O)CCC(=O)O. The molecule has 0 aromatic rings. The molecule has 27 heavy (non-hydrogen) atoms. The fraction of sp³-hybridized carbons (Fsp3) is 0.773. The normalized spacial score (nSPS) is 40.4. The molecule has 0 bridgehead atoms. The van der Waals surface area contributed by atoms with Crippen molar-refractivity contribution in [3.05, 3.63) is 11.6 Å². The van der Waals surface area contributed by atoms with Gasteiger partial charge < -0.3 is 9.84 Å². The number of carbonyl (C=O) groups is 3. The lowest BCUT2D eigenvalue weighted by Gasteiger charge is -2.53. The molecule has 3 fully saturated rings. The summed E-state index contributed by atoms with van der Waals surface area (Å²) < 4.78 is 5.78. The molecule has 1 N–H and O–H groups in total. The summed E-state index contributed by atoms with van der Waals surface area (Å²) in [5.74, 6) is 1.48. The first kappa shape index (κ1) is 18.7. The molecule has 0 unspecified atom stereocenters. The van der Waals surface area contributed by atoms with Crippen LogP contribution in [0.4, 0.5) is 0 Å². The minimum atomic E-state index is -0.958. The van der Waals surface area contributed by atoms with Crippen molar-refractivity contribution in [2.24, 2.45) is 29.1 Å².